The van der Waals surface area contributed by atoms with E-state index in [0.29, 0.717) is 4.90 Å². The summed E-state index contributed by atoms with van der Waals surface area (Å²) in [5, 5.41) is 8.63. The molecule has 0 aromatic heterocycles. The van der Waals surface area contributed by atoms with Crippen molar-refractivity contribution in [2.45, 2.75) is 18.6 Å². The third-order valence-electron chi connectivity index (χ3n) is 2.17. The summed E-state index contributed by atoms with van der Waals surface area (Å²) in [7, 11) is -3.35. The molecular weight excluding hydrogens is 289 g/mol. The Bertz CT molecular complexity index is 397. The Labute approximate surface area is 109 Å². The molecule has 0 saturated carbocycles. The summed E-state index contributed by atoms with van der Waals surface area (Å²) in [6.45, 7) is -2.68. The zero-order valence-corrected chi connectivity index (χ0v) is 11.2. The minimum atomic E-state index is -4.61. The van der Waals surface area contributed by atoms with Crippen molar-refractivity contribution in [2.24, 2.45) is 5.73 Å². The highest BCUT2D eigenvalue weighted by Crippen LogP contribution is 2.17. The molecule has 0 aromatic rings. The highest BCUT2D eigenvalue weighted by molar-refractivity contribution is 7.90. The van der Waals surface area contributed by atoms with Gasteiger partial charge in [-0.05, 0) is 6.42 Å². The van der Waals surface area contributed by atoms with Gasteiger partial charge < -0.3 is 15.7 Å². The lowest BCUT2D eigenvalue weighted by Crippen LogP contribution is -2.49. The Balaban J connectivity index is 4.62. The maximum Gasteiger partial charge on any atom is 0.406 e. The zero-order chi connectivity index (χ0) is 15.3. The van der Waals surface area contributed by atoms with E-state index >= 15 is 0 Å². The van der Waals surface area contributed by atoms with E-state index in [2.05, 4.69) is 0 Å². The molecule has 0 rings (SSSR count). The lowest BCUT2D eigenvalue weighted by molar-refractivity contribution is -0.162. The second kappa shape index (κ2) is 7.06. The number of hydrogen-bond acceptors (Lipinski definition) is 5. The molecule has 19 heavy (non-hydrogen) atoms. The van der Waals surface area contributed by atoms with Gasteiger partial charge in [-0.25, -0.2) is 8.42 Å². The molecule has 10 heteroatoms. The summed E-state index contributed by atoms with van der Waals surface area (Å²) in [6.07, 6.45) is -3.94. The van der Waals surface area contributed by atoms with E-state index in [9.17, 15) is 26.4 Å². The first-order valence-electron chi connectivity index (χ1n) is 5.36. The van der Waals surface area contributed by atoms with Crippen LogP contribution in [-0.2, 0) is 14.6 Å². The van der Waals surface area contributed by atoms with E-state index < -0.39 is 47.7 Å². The summed E-state index contributed by atoms with van der Waals surface area (Å²) in [4.78, 5) is 12.0. The molecule has 0 aliphatic rings. The first-order chi connectivity index (χ1) is 8.46. The van der Waals surface area contributed by atoms with Crippen molar-refractivity contribution in [3.05, 3.63) is 0 Å². The summed E-state index contributed by atoms with van der Waals surface area (Å²) in [5.41, 5.74) is 5.37. The number of rotatable bonds is 7. The van der Waals surface area contributed by atoms with Crippen LogP contribution in [0.5, 0.6) is 0 Å². The van der Waals surface area contributed by atoms with Crippen LogP contribution in [0.4, 0.5) is 13.2 Å². The van der Waals surface area contributed by atoms with Crippen LogP contribution < -0.4 is 5.73 Å². The van der Waals surface area contributed by atoms with Crippen molar-refractivity contribution in [2.75, 3.05) is 31.7 Å². The standard InChI is InChI=1S/C9H17F3N2O4S/c1-19(17,18)5-2-7(13)8(16)14(3-4-15)6-9(10,11)12/h7,15H,2-6,13H2,1H3. The fourth-order valence-corrected chi connectivity index (χ4v) is 1.99. The average molecular weight is 306 g/mol. The van der Waals surface area contributed by atoms with Gasteiger partial charge in [0.2, 0.25) is 5.91 Å². The van der Waals surface area contributed by atoms with E-state index in [-0.39, 0.29) is 12.2 Å². The van der Waals surface area contributed by atoms with Gasteiger partial charge in [-0.15, -0.1) is 0 Å². The van der Waals surface area contributed by atoms with E-state index in [1.54, 1.807) is 0 Å². The minimum absolute atomic E-state index is 0.266. The van der Waals surface area contributed by atoms with E-state index in [1.165, 1.54) is 0 Å². The van der Waals surface area contributed by atoms with Crippen LogP contribution >= 0.6 is 0 Å². The number of sulfone groups is 1. The first-order valence-corrected chi connectivity index (χ1v) is 7.42. The largest absolute Gasteiger partial charge is 0.406 e. The molecule has 6 nitrogen and oxygen atoms in total. The van der Waals surface area contributed by atoms with Gasteiger partial charge >= 0.3 is 6.18 Å². The number of carbonyl (C=O) groups excluding carboxylic acids is 1. The van der Waals surface area contributed by atoms with Gasteiger partial charge in [0.15, 0.2) is 0 Å². The van der Waals surface area contributed by atoms with Crippen LogP contribution in [0.1, 0.15) is 6.42 Å². The van der Waals surface area contributed by atoms with Crippen LogP contribution in [-0.4, -0.2) is 68.3 Å². The van der Waals surface area contributed by atoms with Crippen LogP contribution in [0.2, 0.25) is 0 Å². The molecule has 0 saturated heterocycles. The second-order valence-corrected chi connectivity index (χ2v) is 6.38. The quantitative estimate of drug-likeness (QED) is 0.637. The molecule has 1 amide bonds. The lowest BCUT2D eigenvalue weighted by atomic mass is 10.2. The molecule has 0 aliphatic heterocycles. The molecule has 0 aliphatic carbocycles. The third-order valence-corrected chi connectivity index (χ3v) is 3.15. The lowest BCUT2D eigenvalue weighted by Gasteiger charge is -2.25. The number of halogens is 3. The van der Waals surface area contributed by atoms with Gasteiger partial charge in [0.1, 0.15) is 16.4 Å². The first kappa shape index (κ1) is 18.1. The van der Waals surface area contributed by atoms with E-state index in [4.69, 9.17) is 10.8 Å². The maximum atomic E-state index is 12.2. The SMILES string of the molecule is CS(=O)(=O)CCC(N)C(=O)N(CCO)CC(F)(F)F. The molecule has 3 N–H and O–H groups in total. The number of amides is 1. The van der Waals surface area contributed by atoms with Gasteiger partial charge in [0, 0.05) is 12.8 Å². The second-order valence-electron chi connectivity index (χ2n) is 4.12. The Kier molecular flexibility index (Phi) is 6.73. The summed E-state index contributed by atoms with van der Waals surface area (Å²) in [5.74, 6) is -1.42. The van der Waals surface area contributed by atoms with E-state index in [1.807, 2.05) is 0 Å². The fraction of sp³-hybridized carbons (Fsp3) is 0.889. The molecule has 114 valence electrons. The Morgan fingerprint density at radius 1 is 1.42 bits per heavy atom. The number of carbonyl (C=O) groups is 1. The van der Waals surface area contributed by atoms with Crippen molar-refractivity contribution < 1.29 is 31.5 Å². The number of nitrogens with zero attached hydrogens (tertiary/aromatic N) is 1. The molecule has 1 atom stereocenters. The van der Waals surface area contributed by atoms with Gasteiger partial charge in [-0.2, -0.15) is 13.2 Å². The molecule has 0 aromatic carbocycles. The number of aliphatic hydroxyl groups excluding tert-OH is 1. The Hall–Kier alpha value is -0.870. The highest BCUT2D eigenvalue weighted by atomic mass is 32.2. The molecule has 0 radical (unpaired) electrons. The van der Waals surface area contributed by atoms with Crippen LogP contribution in [0.3, 0.4) is 0 Å². The number of hydrogen-bond donors (Lipinski definition) is 2. The van der Waals surface area contributed by atoms with Crippen LogP contribution in [0.25, 0.3) is 0 Å². The minimum Gasteiger partial charge on any atom is -0.395 e. The number of aliphatic hydroxyl groups is 1. The predicted molar refractivity (Wildman–Crippen MR) is 62.0 cm³/mol. The molecule has 0 bridgehead atoms. The van der Waals surface area contributed by atoms with Crippen molar-refractivity contribution in [1.82, 2.24) is 4.90 Å². The normalized spacial score (nSPS) is 14.2. The molecule has 1 unspecified atom stereocenters. The average Bonchev–Trinajstić information content (AvgIpc) is 2.21. The summed E-state index contributed by atoms with van der Waals surface area (Å²) < 4.78 is 58.4. The number of alkyl halides is 3. The highest BCUT2D eigenvalue weighted by Gasteiger charge is 2.34. The van der Waals surface area contributed by atoms with Gasteiger partial charge in [-0.3, -0.25) is 4.79 Å². The molecule has 0 spiro atoms. The Morgan fingerprint density at radius 2 is 1.95 bits per heavy atom. The monoisotopic (exact) mass is 306 g/mol. The topological polar surface area (TPSA) is 101 Å². The Morgan fingerprint density at radius 3 is 2.32 bits per heavy atom. The summed E-state index contributed by atoms with van der Waals surface area (Å²) >= 11 is 0. The number of nitrogens with two attached hydrogens (primary N) is 1. The maximum absolute atomic E-state index is 12.2. The molecule has 0 heterocycles. The van der Waals surface area contributed by atoms with Gasteiger partial charge in [0.05, 0.1) is 18.4 Å². The molecular formula is C9H17F3N2O4S. The predicted octanol–water partition coefficient (Wildman–Crippen LogP) is -0.868. The van der Waals surface area contributed by atoms with E-state index in [0.717, 1.165) is 6.26 Å². The zero-order valence-electron chi connectivity index (χ0n) is 10.4. The third kappa shape index (κ3) is 8.78. The smallest absolute Gasteiger partial charge is 0.395 e. The van der Waals surface area contributed by atoms with Crippen molar-refractivity contribution >= 4 is 15.7 Å². The van der Waals surface area contributed by atoms with Crippen molar-refractivity contribution in [3.8, 4) is 0 Å². The molecule has 0 fully saturated rings. The van der Waals surface area contributed by atoms with Crippen molar-refractivity contribution in [1.29, 1.82) is 0 Å². The van der Waals surface area contributed by atoms with Gasteiger partial charge in [0.25, 0.3) is 0 Å². The van der Waals surface area contributed by atoms with Gasteiger partial charge in [-0.1, -0.05) is 0 Å². The van der Waals surface area contributed by atoms with Crippen LogP contribution in [0, 0.1) is 0 Å². The summed E-state index contributed by atoms with van der Waals surface area (Å²) in [6, 6.07) is -1.34. The van der Waals surface area contributed by atoms with Crippen LogP contribution in [0.15, 0.2) is 0 Å². The van der Waals surface area contributed by atoms with Crippen molar-refractivity contribution in [3.63, 3.8) is 0 Å². The fourth-order valence-electron chi connectivity index (χ4n) is 1.30.